The Morgan fingerprint density at radius 2 is 1.86 bits per heavy atom. The molecule has 4 nitrogen and oxygen atoms in total. The van der Waals surface area contributed by atoms with Crippen LogP contribution < -0.4 is 0 Å². The minimum Gasteiger partial charge on any atom is -0.292 e. The van der Waals surface area contributed by atoms with Crippen LogP contribution in [0.2, 0.25) is 0 Å². The summed E-state index contributed by atoms with van der Waals surface area (Å²) in [5.74, 6) is -0.201. The van der Waals surface area contributed by atoms with Gasteiger partial charge in [-0.05, 0) is 31.2 Å². The van der Waals surface area contributed by atoms with Crippen molar-refractivity contribution in [3.05, 3.63) is 46.0 Å². The number of nitro groups is 1. The van der Waals surface area contributed by atoms with E-state index in [0.29, 0.717) is 12.8 Å². The van der Waals surface area contributed by atoms with Crippen LogP contribution in [0, 0.1) is 10.1 Å². The lowest BCUT2D eigenvalue weighted by Gasteiger charge is -2.08. The summed E-state index contributed by atoms with van der Waals surface area (Å²) in [4.78, 5) is 22.4. The van der Waals surface area contributed by atoms with Gasteiger partial charge in [-0.3, -0.25) is 14.9 Å². The Hall–Kier alpha value is -1.71. The minimum absolute atomic E-state index is 0.201. The van der Waals surface area contributed by atoms with E-state index in [9.17, 15) is 14.9 Å². The first-order valence-corrected chi connectivity index (χ1v) is 7.85. The fourth-order valence-corrected chi connectivity index (χ4v) is 2.40. The van der Waals surface area contributed by atoms with Gasteiger partial charge in [-0.15, -0.1) is 0 Å². The molecular weight excluding hydrogens is 266 g/mol. The molecule has 1 unspecified atom stereocenters. The summed E-state index contributed by atoms with van der Waals surface area (Å²) in [6.45, 7) is 1.98. The number of rotatable bonds is 11. The van der Waals surface area contributed by atoms with Crippen molar-refractivity contribution in [1.29, 1.82) is 0 Å². The fourth-order valence-electron chi connectivity index (χ4n) is 2.40. The topological polar surface area (TPSA) is 60.2 Å². The van der Waals surface area contributed by atoms with Gasteiger partial charge in [-0.1, -0.05) is 50.1 Å². The van der Waals surface area contributed by atoms with E-state index in [4.69, 9.17) is 0 Å². The molecule has 21 heavy (non-hydrogen) atoms. The maximum atomic E-state index is 11.9. The van der Waals surface area contributed by atoms with Gasteiger partial charge in [0.15, 0.2) is 0 Å². The highest BCUT2D eigenvalue weighted by Gasteiger charge is 2.27. The minimum atomic E-state index is -0.987. The SMILES string of the molecule is CCCCC(C(=O)CCCCCc1ccccc1)[N+](=O)[O-]. The predicted octanol–water partition coefficient (Wildman–Crippen LogP) is 4.19. The molecule has 116 valence electrons. The molecule has 0 heterocycles. The van der Waals surface area contributed by atoms with Crippen LogP contribution in [0.5, 0.6) is 0 Å². The largest absolute Gasteiger partial charge is 0.292 e. The zero-order chi connectivity index (χ0) is 15.5. The average Bonchev–Trinajstić information content (AvgIpc) is 2.48. The molecule has 0 aromatic heterocycles. The van der Waals surface area contributed by atoms with E-state index in [0.717, 1.165) is 38.5 Å². The second-order valence-electron chi connectivity index (χ2n) is 5.46. The number of aryl methyl sites for hydroxylation is 1. The highest BCUT2D eigenvalue weighted by molar-refractivity contribution is 5.82. The van der Waals surface area contributed by atoms with Gasteiger partial charge in [0.2, 0.25) is 5.78 Å². The average molecular weight is 291 g/mol. The normalized spacial score (nSPS) is 12.0. The summed E-state index contributed by atoms with van der Waals surface area (Å²) in [5, 5.41) is 10.9. The smallest absolute Gasteiger partial charge is 0.270 e. The number of benzene rings is 1. The van der Waals surface area contributed by atoms with E-state index in [1.807, 2.05) is 25.1 Å². The number of nitrogens with zero attached hydrogens (tertiary/aromatic N) is 1. The first kappa shape index (κ1) is 17.3. The number of hydrogen-bond acceptors (Lipinski definition) is 3. The van der Waals surface area contributed by atoms with Gasteiger partial charge in [0.1, 0.15) is 0 Å². The second-order valence-corrected chi connectivity index (χ2v) is 5.46. The molecule has 1 atom stereocenters. The number of hydrogen-bond donors (Lipinski definition) is 0. The number of carbonyl (C=O) groups excluding carboxylic acids is 1. The Balaban J connectivity index is 2.21. The molecule has 0 fully saturated rings. The van der Waals surface area contributed by atoms with Gasteiger partial charge in [0.25, 0.3) is 6.04 Å². The second kappa shape index (κ2) is 10.1. The molecule has 0 amide bonds. The lowest BCUT2D eigenvalue weighted by molar-refractivity contribution is -0.508. The summed E-state index contributed by atoms with van der Waals surface area (Å²) in [7, 11) is 0. The molecule has 0 aliphatic heterocycles. The predicted molar refractivity (Wildman–Crippen MR) is 83.9 cm³/mol. The molecule has 0 spiro atoms. The van der Waals surface area contributed by atoms with E-state index < -0.39 is 11.0 Å². The van der Waals surface area contributed by atoms with Gasteiger partial charge in [-0.2, -0.15) is 0 Å². The molecule has 1 aromatic carbocycles. The maximum absolute atomic E-state index is 11.9. The van der Waals surface area contributed by atoms with Crippen LogP contribution in [-0.2, 0) is 11.2 Å². The first-order valence-electron chi connectivity index (χ1n) is 7.85. The molecule has 0 bridgehead atoms. The molecule has 0 aliphatic carbocycles. The summed E-state index contributed by atoms with van der Waals surface area (Å²) in [6, 6.07) is 9.25. The molecule has 0 N–H and O–H groups in total. The molecule has 1 aromatic rings. The number of carbonyl (C=O) groups is 1. The van der Waals surface area contributed by atoms with Crippen molar-refractivity contribution in [2.45, 2.75) is 64.3 Å². The third-order valence-electron chi connectivity index (χ3n) is 3.69. The molecule has 0 saturated carbocycles. The third kappa shape index (κ3) is 7.02. The van der Waals surface area contributed by atoms with Crippen molar-refractivity contribution < 1.29 is 9.72 Å². The van der Waals surface area contributed by atoms with E-state index in [-0.39, 0.29) is 5.78 Å². The van der Waals surface area contributed by atoms with Crippen LogP contribution in [-0.4, -0.2) is 16.7 Å². The summed E-state index contributed by atoms with van der Waals surface area (Å²) in [5.41, 5.74) is 1.30. The van der Waals surface area contributed by atoms with Gasteiger partial charge in [-0.25, -0.2) is 0 Å². The Bertz CT molecular complexity index is 431. The van der Waals surface area contributed by atoms with Crippen molar-refractivity contribution in [2.24, 2.45) is 0 Å². The Morgan fingerprint density at radius 3 is 2.48 bits per heavy atom. The van der Waals surface area contributed by atoms with E-state index in [2.05, 4.69) is 12.1 Å². The Kier molecular flexibility index (Phi) is 8.32. The maximum Gasteiger partial charge on any atom is 0.270 e. The lowest BCUT2D eigenvalue weighted by Crippen LogP contribution is -2.29. The van der Waals surface area contributed by atoms with Crippen molar-refractivity contribution in [3.8, 4) is 0 Å². The molecule has 0 aliphatic rings. The summed E-state index contributed by atoms with van der Waals surface area (Å²) < 4.78 is 0. The monoisotopic (exact) mass is 291 g/mol. The zero-order valence-corrected chi connectivity index (χ0v) is 12.8. The third-order valence-corrected chi connectivity index (χ3v) is 3.69. The Morgan fingerprint density at radius 1 is 1.14 bits per heavy atom. The zero-order valence-electron chi connectivity index (χ0n) is 12.8. The Labute approximate surface area is 126 Å². The van der Waals surface area contributed by atoms with Crippen molar-refractivity contribution in [1.82, 2.24) is 0 Å². The van der Waals surface area contributed by atoms with Crippen LogP contribution >= 0.6 is 0 Å². The van der Waals surface area contributed by atoms with Gasteiger partial charge < -0.3 is 0 Å². The van der Waals surface area contributed by atoms with E-state index in [1.165, 1.54) is 5.56 Å². The van der Waals surface area contributed by atoms with E-state index in [1.54, 1.807) is 0 Å². The van der Waals surface area contributed by atoms with Crippen molar-refractivity contribution in [2.75, 3.05) is 0 Å². The highest BCUT2D eigenvalue weighted by atomic mass is 16.6. The molecular formula is C17H25NO3. The van der Waals surface area contributed by atoms with Gasteiger partial charge in [0.05, 0.1) is 0 Å². The fraction of sp³-hybridized carbons (Fsp3) is 0.588. The molecule has 4 heteroatoms. The molecule has 0 radical (unpaired) electrons. The van der Waals surface area contributed by atoms with Gasteiger partial charge >= 0.3 is 0 Å². The van der Waals surface area contributed by atoms with E-state index >= 15 is 0 Å². The summed E-state index contributed by atoms with van der Waals surface area (Å²) in [6.07, 6.45) is 6.07. The number of Topliss-reactive ketones (excluding diaryl/α,β-unsaturated/α-hetero) is 1. The van der Waals surface area contributed by atoms with Crippen molar-refractivity contribution >= 4 is 5.78 Å². The van der Waals surface area contributed by atoms with Crippen LogP contribution in [0.3, 0.4) is 0 Å². The quantitative estimate of drug-likeness (QED) is 0.349. The standard InChI is InChI=1S/C17H25NO3/c1-2-3-13-16(18(20)21)17(19)14-9-5-8-12-15-10-6-4-7-11-15/h4,6-7,10-11,16H,2-3,5,8-9,12-14H2,1H3. The van der Waals surface area contributed by atoms with Crippen molar-refractivity contribution in [3.63, 3.8) is 0 Å². The lowest BCUT2D eigenvalue weighted by atomic mass is 10.00. The molecule has 0 saturated heterocycles. The van der Waals surface area contributed by atoms with Crippen LogP contribution in [0.4, 0.5) is 0 Å². The van der Waals surface area contributed by atoms with Gasteiger partial charge in [0, 0.05) is 17.8 Å². The van der Waals surface area contributed by atoms with Crippen LogP contribution in [0.15, 0.2) is 30.3 Å². The first-order chi connectivity index (χ1) is 10.1. The van der Waals surface area contributed by atoms with Crippen LogP contribution in [0.1, 0.15) is 57.4 Å². The summed E-state index contributed by atoms with van der Waals surface area (Å²) >= 11 is 0. The number of unbranched alkanes of at least 4 members (excludes halogenated alkanes) is 3. The number of ketones is 1. The van der Waals surface area contributed by atoms with Crippen LogP contribution in [0.25, 0.3) is 0 Å². The molecule has 1 rings (SSSR count). The highest BCUT2D eigenvalue weighted by Crippen LogP contribution is 2.12.